The minimum atomic E-state index is -4.98. The topological polar surface area (TPSA) is 74.8 Å². The number of Topliss-reactive ketones (excluding diaryl/α,β-unsaturated/α-hetero) is 1. The summed E-state index contributed by atoms with van der Waals surface area (Å²) in [5, 5.41) is 2.48. The number of benzene rings is 2. The SMILES string of the molecule is C[C@@H]1CN(C)CCN1CC(=O)Nc1cc(C(=O)Cc2ccc(-c3ccccc3F)nc2)ccc1OC(F)(F)F. The van der Waals surface area contributed by atoms with Gasteiger partial charge in [-0.15, -0.1) is 13.2 Å². The highest BCUT2D eigenvalue weighted by Gasteiger charge is 2.33. The van der Waals surface area contributed by atoms with E-state index < -0.39 is 29.6 Å². The zero-order chi connectivity index (χ0) is 28.2. The molecule has 0 radical (unpaired) electrons. The van der Waals surface area contributed by atoms with Crippen molar-refractivity contribution < 1.29 is 31.9 Å². The van der Waals surface area contributed by atoms with Gasteiger partial charge >= 0.3 is 6.36 Å². The number of piperazine rings is 1. The molecule has 3 aromatic rings. The van der Waals surface area contributed by atoms with Crippen LogP contribution in [0.15, 0.2) is 60.8 Å². The highest BCUT2D eigenvalue weighted by atomic mass is 19.4. The largest absolute Gasteiger partial charge is 0.573 e. The Morgan fingerprint density at radius 2 is 1.87 bits per heavy atom. The lowest BCUT2D eigenvalue weighted by Crippen LogP contribution is -2.52. The van der Waals surface area contributed by atoms with Gasteiger partial charge in [0.05, 0.1) is 17.9 Å². The average Bonchev–Trinajstić information content (AvgIpc) is 2.87. The molecule has 11 heteroatoms. The van der Waals surface area contributed by atoms with Crippen LogP contribution in [0.3, 0.4) is 0 Å². The van der Waals surface area contributed by atoms with Crippen LogP contribution in [-0.4, -0.2) is 72.1 Å². The fourth-order valence-electron chi connectivity index (χ4n) is 4.45. The Bertz CT molecular complexity index is 1330. The van der Waals surface area contributed by atoms with Crippen molar-refractivity contribution in [1.82, 2.24) is 14.8 Å². The summed E-state index contributed by atoms with van der Waals surface area (Å²) in [7, 11) is 1.98. The van der Waals surface area contributed by atoms with Crippen LogP contribution in [0.2, 0.25) is 0 Å². The monoisotopic (exact) mass is 544 g/mol. The van der Waals surface area contributed by atoms with Crippen LogP contribution in [0.1, 0.15) is 22.8 Å². The molecule has 1 aromatic heterocycles. The lowest BCUT2D eigenvalue weighted by atomic mass is 10.0. The molecule has 0 aliphatic carbocycles. The number of carbonyl (C=O) groups excluding carboxylic acids is 2. The number of ketones is 1. The number of nitrogens with zero attached hydrogens (tertiary/aromatic N) is 3. The summed E-state index contributed by atoms with van der Waals surface area (Å²) in [6.45, 7) is 4.12. The van der Waals surface area contributed by atoms with Gasteiger partial charge in [-0.25, -0.2) is 4.39 Å². The van der Waals surface area contributed by atoms with Crippen molar-refractivity contribution in [3.8, 4) is 17.0 Å². The fraction of sp³-hybridized carbons (Fsp3) is 0.321. The van der Waals surface area contributed by atoms with Crippen molar-refractivity contribution in [2.75, 3.05) is 38.5 Å². The number of pyridine rings is 1. The Morgan fingerprint density at radius 3 is 2.54 bits per heavy atom. The third kappa shape index (κ3) is 7.61. The number of aromatic nitrogens is 1. The summed E-state index contributed by atoms with van der Waals surface area (Å²) in [6, 6.07) is 12.9. The molecule has 4 rings (SSSR count). The first-order valence-electron chi connectivity index (χ1n) is 12.3. The molecule has 1 amide bonds. The van der Waals surface area contributed by atoms with E-state index in [2.05, 4.69) is 19.9 Å². The Morgan fingerprint density at radius 1 is 1.10 bits per heavy atom. The van der Waals surface area contributed by atoms with Crippen LogP contribution in [-0.2, 0) is 11.2 Å². The van der Waals surface area contributed by atoms with Crippen molar-refractivity contribution in [1.29, 1.82) is 0 Å². The maximum atomic E-state index is 14.0. The molecular formula is C28H28F4N4O3. The molecule has 1 N–H and O–H groups in total. The molecular weight excluding hydrogens is 516 g/mol. The number of alkyl halides is 3. The molecule has 2 heterocycles. The van der Waals surface area contributed by atoms with Gasteiger partial charge in [-0.1, -0.05) is 18.2 Å². The number of hydrogen-bond acceptors (Lipinski definition) is 6. The number of nitrogens with one attached hydrogen (secondary N) is 1. The number of halogens is 4. The Hall–Kier alpha value is -3.83. The molecule has 0 unspecified atom stereocenters. The number of likely N-dealkylation sites (N-methyl/N-ethyl adjacent to an activating group) is 1. The van der Waals surface area contributed by atoms with Crippen molar-refractivity contribution in [3.63, 3.8) is 0 Å². The Kier molecular flexibility index (Phi) is 8.61. The van der Waals surface area contributed by atoms with Crippen LogP contribution in [0, 0.1) is 5.82 Å². The molecule has 1 saturated heterocycles. The molecule has 1 fully saturated rings. The van der Waals surface area contributed by atoms with E-state index in [0.29, 0.717) is 23.4 Å². The lowest BCUT2D eigenvalue weighted by Gasteiger charge is -2.37. The maximum absolute atomic E-state index is 14.0. The van der Waals surface area contributed by atoms with Gasteiger partial charge in [0, 0.05) is 49.4 Å². The zero-order valence-electron chi connectivity index (χ0n) is 21.5. The first-order valence-corrected chi connectivity index (χ1v) is 12.3. The van der Waals surface area contributed by atoms with Crippen LogP contribution in [0.25, 0.3) is 11.3 Å². The van der Waals surface area contributed by atoms with Gasteiger partial charge in [0.2, 0.25) is 5.91 Å². The predicted molar refractivity (Wildman–Crippen MR) is 138 cm³/mol. The van der Waals surface area contributed by atoms with Crippen LogP contribution in [0.4, 0.5) is 23.2 Å². The van der Waals surface area contributed by atoms with Crippen molar-refractivity contribution in [2.45, 2.75) is 25.7 Å². The number of rotatable bonds is 8. The minimum Gasteiger partial charge on any atom is -0.404 e. The highest BCUT2D eigenvalue weighted by Crippen LogP contribution is 2.32. The van der Waals surface area contributed by atoms with Gasteiger partial charge in [0.15, 0.2) is 11.5 Å². The van der Waals surface area contributed by atoms with Gasteiger partial charge < -0.3 is 15.0 Å². The van der Waals surface area contributed by atoms with Gasteiger partial charge in [-0.2, -0.15) is 0 Å². The smallest absolute Gasteiger partial charge is 0.404 e. The summed E-state index contributed by atoms with van der Waals surface area (Å²) in [6.07, 6.45) is -3.64. The molecule has 7 nitrogen and oxygen atoms in total. The first-order chi connectivity index (χ1) is 18.5. The molecule has 1 atom stereocenters. The maximum Gasteiger partial charge on any atom is 0.573 e. The van der Waals surface area contributed by atoms with Gasteiger partial charge in [-0.05, 0) is 55.9 Å². The molecule has 39 heavy (non-hydrogen) atoms. The third-order valence-corrected chi connectivity index (χ3v) is 6.46. The number of anilines is 1. The van der Waals surface area contributed by atoms with Crippen LogP contribution in [0.5, 0.6) is 5.75 Å². The second kappa shape index (κ2) is 11.9. The van der Waals surface area contributed by atoms with E-state index in [1.165, 1.54) is 24.4 Å². The van der Waals surface area contributed by atoms with Crippen LogP contribution >= 0.6 is 0 Å². The van der Waals surface area contributed by atoms with Crippen molar-refractivity contribution in [2.24, 2.45) is 0 Å². The van der Waals surface area contributed by atoms with E-state index in [1.54, 1.807) is 30.3 Å². The van der Waals surface area contributed by atoms with Gasteiger partial charge in [0.25, 0.3) is 0 Å². The molecule has 2 aromatic carbocycles. The van der Waals surface area contributed by atoms with E-state index in [9.17, 15) is 27.2 Å². The van der Waals surface area contributed by atoms with E-state index in [0.717, 1.165) is 19.2 Å². The number of ether oxygens (including phenoxy) is 1. The van der Waals surface area contributed by atoms with Crippen molar-refractivity contribution in [3.05, 3.63) is 77.7 Å². The normalized spacial score (nSPS) is 16.6. The standard InChI is InChI=1S/C28H28F4N4O3/c1-18-16-35(2)11-12-36(18)17-27(38)34-24-14-20(8-10-26(24)39-28(30,31)32)25(37)13-19-7-9-23(33-15-19)21-5-3-4-6-22(21)29/h3-10,14-15,18H,11-13,16-17H2,1-2H3,(H,34,38)/t18-/m1/s1. The fourth-order valence-corrected chi connectivity index (χ4v) is 4.45. The predicted octanol–water partition coefficient (Wildman–Crippen LogP) is 4.79. The zero-order valence-corrected chi connectivity index (χ0v) is 21.5. The van der Waals surface area contributed by atoms with E-state index >= 15 is 0 Å². The van der Waals surface area contributed by atoms with E-state index in [-0.39, 0.29) is 30.3 Å². The quantitative estimate of drug-likeness (QED) is 0.325. The second-order valence-corrected chi connectivity index (χ2v) is 9.52. The molecule has 0 bridgehead atoms. The van der Waals surface area contributed by atoms with Crippen LogP contribution < -0.4 is 10.1 Å². The number of carbonyl (C=O) groups is 2. The summed E-state index contributed by atoms with van der Waals surface area (Å²) < 4.78 is 57.1. The summed E-state index contributed by atoms with van der Waals surface area (Å²) >= 11 is 0. The van der Waals surface area contributed by atoms with Crippen molar-refractivity contribution >= 4 is 17.4 Å². The summed E-state index contributed by atoms with van der Waals surface area (Å²) in [5.74, 6) is -1.96. The third-order valence-electron chi connectivity index (χ3n) is 6.46. The highest BCUT2D eigenvalue weighted by molar-refractivity contribution is 6.00. The van der Waals surface area contributed by atoms with E-state index in [1.807, 2.05) is 18.9 Å². The van der Waals surface area contributed by atoms with Gasteiger partial charge in [-0.3, -0.25) is 19.5 Å². The van der Waals surface area contributed by atoms with E-state index in [4.69, 9.17) is 0 Å². The molecule has 0 saturated carbocycles. The molecule has 1 aliphatic heterocycles. The summed E-state index contributed by atoms with van der Waals surface area (Å²) in [4.78, 5) is 34.0. The molecule has 1 aliphatic rings. The van der Waals surface area contributed by atoms with Gasteiger partial charge in [0.1, 0.15) is 5.82 Å². The number of amides is 1. The first kappa shape index (κ1) is 28.2. The Labute approximate surface area is 223 Å². The number of hydrogen-bond donors (Lipinski definition) is 1. The second-order valence-electron chi connectivity index (χ2n) is 9.52. The minimum absolute atomic E-state index is 0.0152. The Balaban J connectivity index is 1.49. The average molecular weight is 545 g/mol. The molecule has 0 spiro atoms. The summed E-state index contributed by atoms with van der Waals surface area (Å²) in [5.41, 5.74) is 1.09. The lowest BCUT2D eigenvalue weighted by molar-refractivity contribution is -0.274. The molecule has 206 valence electrons.